The number of primary amides is 1. The van der Waals surface area contributed by atoms with Gasteiger partial charge >= 0.3 is 0 Å². The van der Waals surface area contributed by atoms with Crippen LogP contribution < -0.4 is 11.1 Å². The molecular formula is C17H21N5O3S. The smallest absolute Gasteiger partial charge is 0.276 e. The van der Waals surface area contributed by atoms with Gasteiger partial charge in [-0.1, -0.05) is 0 Å². The molecule has 26 heavy (non-hydrogen) atoms. The van der Waals surface area contributed by atoms with Crippen molar-refractivity contribution in [3.05, 3.63) is 33.5 Å². The van der Waals surface area contributed by atoms with Crippen LogP contribution in [-0.4, -0.2) is 38.9 Å². The lowest BCUT2D eigenvalue weighted by molar-refractivity contribution is -0.129. The maximum Gasteiger partial charge on any atom is 0.276 e. The number of thiophene rings is 1. The molecule has 0 atom stereocenters. The second-order valence-corrected chi connectivity index (χ2v) is 7.31. The largest absolute Gasteiger partial charge is 0.365 e. The summed E-state index contributed by atoms with van der Waals surface area (Å²) in [5, 5.41) is 7.45. The molecular weight excluding hydrogens is 354 g/mol. The molecule has 2 aromatic heterocycles. The highest BCUT2D eigenvalue weighted by atomic mass is 32.1. The monoisotopic (exact) mass is 375 g/mol. The quantitative estimate of drug-likeness (QED) is 0.844. The highest BCUT2D eigenvalue weighted by Gasteiger charge is 2.29. The normalized spacial score (nSPS) is 13.4. The number of anilines is 1. The molecule has 3 amide bonds. The molecule has 0 saturated heterocycles. The molecule has 0 unspecified atom stereocenters. The van der Waals surface area contributed by atoms with Gasteiger partial charge in [-0.15, -0.1) is 11.3 Å². The molecule has 1 aliphatic heterocycles. The molecule has 8 nitrogen and oxygen atoms in total. The van der Waals surface area contributed by atoms with E-state index >= 15 is 0 Å². The van der Waals surface area contributed by atoms with E-state index in [-0.39, 0.29) is 17.5 Å². The minimum atomic E-state index is -0.579. The van der Waals surface area contributed by atoms with Crippen molar-refractivity contribution in [3.63, 3.8) is 0 Å². The molecule has 1 aliphatic rings. The van der Waals surface area contributed by atoms with Crippen molar-refractivity contribution in [2.24, 2.45) is 5.73 Å². The molecule has 3 rings (SSSR count). The van der Waals surface area contributed by atoms with Gasteiger partial charge in [0, 0.05) is 30.6 Å². The molecule has 0 aliphatic carbocycles. The molecule has 3 heterocycles. The van der Waals surface area contributed by atoms with Gasteiger partial charge in [0.15, 0.2) is 5.69 Å². The van der Waals surface area contributed by atoms with E-state index in [0.29, 0.717) is 36.6 Å². The van der Waals surface area contributed by atoms with E-state index in [1.54, 1.807) is 15.6 Å². The van der Waals surface area contributed by atoms with Gasteiger partial charge in [-0.3, -0.25) is 19.1 Å². The second-order valence-electron chi connectivity index (χ2n) is 6.20. The SMILES string of the molecule is CCn1nc(C(=O)Nc2sc3c(c2C(N)=O)CCN(C(C)=O)C3)cc1C. The Morgan fingerprint density at radius 1 is 1.38 bits per heavy atom. The fraction of sp³-hybridized carbons (Fsp3) is 0.412. The molecule has 0 spiro atoms. The number of hydrogen-bond acceptors (Lipinski definition) is 5. The number of amides is 3. The maximum absolute atomic E-state index is 12.6. The van der Waals surface area contributed by atoms with E-state index in [9.17, 15) is 14.4 Å². The zero-order valence-corrected chi connectivity index (χ0v) is 15.8. The summed E-state index contributed by atoms with van der Waals surface area (Å²) in [6.45, 7) is 6.97. The van der Waals surface area contributed by atoms with Gasteiger partial charge in [0.1, 0.15) is 5.00 Å². The van der Waals surface area contributed by atoms with E-state index in [1.165, 1.54) is 18.3 Å². The van der Waals surface area contributed by atoms with E-state index in [0.717, 1.165) is 16.1 Å². The summed E-state index contributed by atoms with van der Waals surface area (Å²) in [7, 11) is 0. The Balaban J connectivity index is 1.91. The third-order valence-corrected chi connectivity index (χ3v) is 5.62. The lowest BCUT2D eigenvalue weighted by Crippen LogP contribution is -2.34. The first kappa shape index (κ1) is 18.1. The lowest BCUT2D eigenvalue weighted by Gasteiger charge is -2.25. The first-order chi connectivity index (χ1) is 12.3. The number of rotatable bonds is 4. The first-order valence-electron chi connectivity index (χ1n) is 8.37. The lowest BCUT2D eigenvalue weighted by atomic mass is 10.0. The van der Waals surface area contributed by atoms with E-state index in [2.05, 4.69) is 10.4 Å². The zero-order chi connectivity index (χ0) is 19.0. The maximum atomic E-state index is 12.6. The molecule has 0 radical (unpaired) electrons. The number of fused-ring (bicyclic) bond motifs is 1. The fourth-order valence-electron chi connectivity index (χ4n) is 3.13. The summed E-state index contributed by atoms with van der Waals surface area (Å²) in [5.74, 6) is -0.981. The number of aromatic nitrogens is 2. The molecule has 0 fully saturated rings. The van der Waals surface area contributed by atoms with Crippen LogP contribution in [0.3, 0.4) is 0 Å². The summed E-state index contributed by atoms with van der Waals surface area (Å²) in [6, 6.07) is 1.70. The molecule has 0 bridgehead atoms. The average molecular weight is 375 g/mol. The predicted molar refractivity (Wildman–Crippen MR) is 98.2 cm³/mol. The van der Waals surface area contributed by atoms with Crippen LogP contribution >= 0.6 is 11.3 Å². The average Bonchev–Trinajstić information content (AvgIpc) is 3.13. The highest BCUT2D eigenvalue weighted by Crippen LogP contribution is 2.37. The molecule has 0 aromatic carbocycles. The van der Waals surface area contributed by atoms with Gasteiger partial charge in [0.25, 0.3) is 11.8 Å². The van der Waals surface area contributed by atoms with Crippen molar-refractivity contribution in [2.45, 2.75) is 40.3 Å². The van der Waals surface area contributed by atoms with E-state index in [4.69, 9.17) is 5.73 Å². The topological polar surface area (TPSA) is 110 Å². The zero-order valence-electron chi connectivity index (χ0n) is 15.0. The van der Waals surface area contributed by atoms with Crippen LogP contribution in [0.4, 0.5) is 5.00 Å². The molecule has 3 N–H and O–H groups in total. The van der Waals surface area contributed by atoms with Crippen LogP contribution in [0.15, 0.2) is 6.07 Å². The summed E-state index contributed by atoms with van der Waals surface area (Å²) < 4.78 is 1.73. The highest BCUT2D eigenvalue weighted by molar-refractivity contribution is 7.17. The number of nitrogens with two attached hydrogens (primary N) is 1. The number of hydrogen-bond donors (Lipinski definition) is 2. The number of nitrogens with zero attached hydrogens (tertiary/aromatic N) is 3. The van der Waals surface area contributed by atoms with Gasteiger partial charge in [-0.25, -0.2) is 0 Å². The molecule has 0 saturated carbocycles. The minimum absolute atomic E-state index is 0.0177. The number of aryl methyl sites for hydroxylation is 2. The number of carbonyl (C=O) groups is 3. The van der Waals surface area contributed by atoms with Gasteiger partial charge in [0.2, 0.25) is 5.91 Å². The fourth-order valence-corrected chi connectivity index (χ4v) is 4.39. The Morgan fingerprint density at radius 3 is 2.69 bits per heavy atom. The van der Waals surface area contributed by atoms with E-state index in [1.807, 2.05) is 13.8 Å². The van der Waals surface area contributed by atoms with Crippen molar-refractivity contribution in [1.29, 1.82) is 0 Å². The van der Waals surface area contributed by atoms with Crippen LogP contribution in [0.1, 0.15) is 50.8 Å². The third kappa shape index (κ3) is 3.22. The van der Waals surface area contributed by atoms with E-state index < -0.39 is 5.91 Å². The van der Waals surface area contributed by atoms with Crippen LogP contribution in [0, 0.1) is 6.92 Å². The Morgan fingerprint density at radius 2 is 2.12 bits per heavy atom. The summed E-state index contributed by atoms with van der Waals surface area (Å²) in [4.78, 5) is 38.7. The van der Waals surface area contributed by atoms with Gasteiger partial charge in [0.05, 0.1) is 12.1 Å². The Kier molecular flexibility index (Phi) is 4.82. The standard InChI is InChI=1S/C17H21N5O3S/c1-4-22-9(2)7-12(20-22)16(25)19-17-14(15(18)24)11-5-6-21(10(3)23)8-13(11)26-17/h7H,4-6,8H2,1-3H3,(H2,18,24)(H,19,25). The van der Waals surface area contributed by atoms with Crippen molar-refractivity contribution in [3.8, 4) is 0 Å². The molecule has 9 heteroatoms. The predicted octanol–water partition coefficient (Wildman–Crippen LogP) is 1.53. The Hall–Kier alpha value is -2.68. The Bertz CT molecular complexity index is 899. The first-order valence-corrected chi connectivity index (χ1v) is 9.19. The second kappa shape index (κ2) is 6.91. The van der Waals surface area contributed by atoms with Crippen LogP contribution in [0.5, 0.6) is 0 Å². The van der Waals surface area contributed by atoms with Crippen LogP contribution in [0.2, 0.25) is 0 Å². The third-order valence-electron chi connectivity index (χ3n) is 4.49. The van der Waals surface area contributed by atoms with Gasteiger partial charge < -0.3 is 16.0 Å². The van der Waals surface area contributed by atoms with Crippen molar-refractivity contribution >= 4 is 34.1 Å². The number of carbonyl (C=O) groups excluding carboxylic acids is 3. The number of nitrogens with one attached hydrogen (secondary N) is 1. The molecule has 138 valence electrons. The molecule has 2 aromatic rings. The summed E-state index contributed by atoms with van der Waals surface area (Å²) in [5.41, 5.74) is 7.90. The van der Waals surface area contributed by atoms with Crippen molar-refractivity contribution < 1.29 is 14.4 Å². The summed E-state index contributed by atoms with van der Waals surface area (Å²) >= 11 is 1.29. The van der Waals surface area contributed by atoms with Gasteiger partial charge in [-0.05, 0) is 31.9 Å². The summed E-state index contributed by atoms with van der Waals surface area (Å²) in [6.07, 6.45) is 0.545. The minimum Gasteiger partial charge on any atom is -0.365 e. The van der Waals surface area contributed by atoms with Crippen LogP contribution in [0.25, 0.3) is 0 Å². The van der Waals surface area contributed by atoms with Crippen molar-refractivity contribution in [1.82, 2.24) is 14.7 Å². The van der Waals surface area contributed by atoms with Crippen LogP contribution in [-0.2, 0) is 24.3 Å². The Labute approximate surface area is 155 Å². The van der Waals surface area contributed by atoms with Gasteiger partial charge in [-0.2, -0.15) is 5.10 Å². The van der Waals surface area contributed by atoms with Crippen molar-refractivity contribution in [2.75, 3.05) is 11.9 Å².